The maximum Gasteiger partial charge on any atom is 0.407 e. The van der Waals surface area contributed by atoms with Crippen LogP contribution in [0.15, 0.2) is 0 Å². The van der Waals surface area contributed by atoms with E-state index in [1.54, 1.807) is 0 Å². The van der Waals surface area contributed by atoms with Gasteiger partial charge in [0.25, 0.3) is 0 Å². The molecular formula is C12H25NO3. The lowest BCUT2D eigenvalue weighted by Gasteiger charge is -2.20. The van der Waals surface area contributed by atoms with Crippen molar-refractivity contribution >= 4 is 6.09 Å². The van der Waals surface area contributed by atoms with Crippen LogP contribution in [-0.4, -0.2) is 31.5 Å². The molecule has 0 rings (SSSR count). The van der Waals surface area contributed by atoms with Gasteiger partial charge in [-0.05, 0) is 33.1 Å². The summed E-state index contributed by atoms with van der Waals surface area (Å²) in [4.78, 5) is 11.3. The van der Waals surface area contributed by atoms with E-state index >= 15 is 0 Å². The fourth-order valence-corrected chi connectivity index (χ4v) is 1.06. The third-order valence-electron chi connectivity index (χ3n) is 1.74. The number of hydrogen-bond acceptors (Lipinski definition) is 3. The number of alkyl carbamates (subject to hydrolysis) is 1. The van der Waals surface area contributed by atoms with E-state index in [0.717, 1.165) is 13.0 Å². The smallest absolute Gasteiger partial charge is 0.407 e. The lowest BCUT2D eigenvalue weighted by molar-refractivity contribution is 0.0499. The van der Waals surface area contributed by atoms with E-state index in [0.29, 0.717) is 19.1 Å². The predicted molar refractivity (Wildman–Crippen MR) is 64.5 cm³/mol. The Labute approximate surface area is 98.7 Å². The highest BCUT2D eigenvalue weighted by Gasteiger charge is 2.16. The van der Waals surface area contributed by atoms with Crippen LogP contribution in [0.2, 0.25) is 0 Å². The minimum absolute atomic E-state index is 0.305. The molecule has 0 heterocycles. The van der Waals surface area contributed by atoms with Crippen LogP contribution in [0.5, 0.6) is 0 Å². The molecule has 1 atom stereocenters. The molecule has 0 saturated heterocycles. The van der Waals surface area contributed by atoms with Gasteiger partial charge >= 0.3 is 6.09 Å². The zero-order valence-electron chi connectivity index (χ0n) is 11.1. The van der Waals surface area contributed by atoms with Crippen molar-refractivity contribution in [1.82, 2.24) is 5.32 Å². The Morgan fingerprint density at radius 2 is 2.00 bits per heavy atom. The molecule has 0 aliphatic heterocycles. The maximum atomic E-state index is 11.3. The maximum absolute atomic E-state index is 11.3. The molecule has 1 N–H and O–H groups in total. The molecule has 0 aromatic carbocycles. The molecule has 0 aliphatic carbocycles. The topological polar surface area (TPSA) is 47.6 Å². The predicted octanol–water partition coefficient (Wildman–Crippen LogP) is 2.57. The minimum atomic E-state index is -0.438. The summed E-state index contributed by atoms with van der Waals surface area (Å²) in [5.41, 5.74) is -0.438. The first-order valence-electron chi connectivity index (χ1n) is 5.89. The van der Waals surface area contributed by atoms with Gasteiger partial charge in [-0.3, -0.25) is 0 Å². The first-order chi connectivity index (χ1) is 7.35. The Morgan fingerprint density at radius 3 is 2.50 bits per heavy atom. The Kier molecular flexibility index (Phi) is 7.13. The van der Waals surface area contributed by atoms with E-state index < -0.39 is 5.60 Å². The van der Waals surface area contributed by atoms with Crippen molar-refractivity contribution in [2.24, 2.45) is 5.92 Å². The van der Waals surface area contributed by atoms with Gasteiger partial charge in [0.2, 0.25) is 0 Å². The summed E-state index contributed by atoms with van der Waals surface area (Å²) >= 11 is 0. The van der Waals surface area contributed by atoms with Crippen LogP contribution in [0.25, 0.3) is 0 Å². The van der Waals surface area contributed by atoms with Gasteiger partial charge in [0.15, 0.2) is 0 Å². The lowest BCUT2D eigenvalue weighted by atomic mass is 10.2. The van der Waals surface area contributed by atoms with E-state index in [1.807, 2.05) is 27.7 Å². The second-order valence-electron chi connectivity index (χ2n) is 5.06. The van der Waals surface area contributed by atoms with E-state index in [1.165, 1.54) is 0 Å². The molecule has 0 radical (unpaired) electrons. The largest absolute Gasteiger partial charge is 0.444 e. The minimum Gasteiger partial charge on any atom is -0.444 e. The molecule has 0 spiro atoms. The first-order valence-corrected chi connectivity index (χ1v) is 5.89. The molecule has 1 amide bonds. The number of carbonyl (C=O) groups excluding carboxylic acids is 1. The van der Waals surface area contributed by atoms with Gasteiger partial charge in [-0.25, -0.2) is 4.79 Å². The Balaban J connectivity index is 3.59. The Hall–Kier alpha value is -0.770. The molecule has 16 heavy (non-hydrogen) atoms. The monoisotopic (exact) mass is 231 g/mol. The van der Waals surface area contributed by atoms with Gasteiger partial charge in [-0.1, -0.05) is 13.8 Å². The summed E-state index contributed by atoms with van der Waals surface area (Å²) in [6.07, 6.45) is 0.654. The number of ether oxygens (including phenoxy) is 2. The van der Waals surface area contributed by atoms with Crippen molar-refractivity contribution in [3.63, 3.8) is 0 Å². The fraction of sp³-hybridized carbons (Fsp3) is 0.917. The average Bonchev–Trinajstić information content (AvgIpc) is 2.12. The van der Waals surface area contributed by atoms with E-state index in [9.17, 15) is 4.79 Å². The molecule has 4 nitrogen and oxygen atoms in total. The Bertz CT molecular complexity index is 199. The summed E-state index contributed by atoms with van der Waals surface area (Å²) in [6.45, 7) is 11.7. The zero-order chi connectivity index (χ0) is 12.6. The van der Waals surface area contributed by atoms with Crippen molar-refractivity contribution in [3.8, 4) is 0 Å². The van der Waals surface area contributed by atoms with Crippen molar-refractivity contribution in [2.75, 3.05) is 19.8 Å². The normalized spacial score (nSPS) is 13.3. The third-order valence-corrected chi connectivity index (χ3v) is 1.74. The molecule has 1 unspecified atom stereocenters. The second kappa shape index (κ2) is 7.49. The molecular weight excluding hydrogens is 206 g/mol. The molecule has 0 saturated carbocycles. The van der Waals surface area contributed by atoms with Gasteiger partial charge < -0.3 is 14.8 Å². The summed E-state index contributed by atoms with van der Waals surface area (Å²) in [6, 6.07) is 0. The SMILES string of the molecule is CCCOCC(C)CNC(=O)OC(C)(C)C. The summed E-state index contributed by atoms with van der Waals surface area (Å²) in [5.74, 6) is 0.305. The molecule has 0 aromatic heterocycles. The van der Waals surface area contributed by atoms with E-state index in [2.05, 4.69) is 12.2 Å². The van der Waals surface area contributed by atoms with Crippen LogP contribution < -0.4 is 5.32 Å². The lowest BCUT2D eigenvalue weighted by Crippen LogP contribution is -2.35. The number of hydrogen-bond donors (Lipinski definition) is 1. The molecule has 4 heteroatoms. The zero-order valence-corrected chi connectivity index (χ0v) is 11.1. The van der Waals surface area contributed by atoms with Gasteiger partial charge in [-0.2, -0.15) is 0 Å². The number of nitrogens with one attached hydrogen (secondary N) is 1. The first kappa shape index (κ1) is 15.2. The van der Waals surface area contributed by atoms with Gasteiger partial charge in [-0.15, -0.1) is 0 Å². The molecule has 96 valence electrons. The summed E-state index contributed by atoms with van der Waals surface area (Å²) < 4.78 is 10.5. The third kappa shape index (κ3) is 9.77. The van der Waals surface area contributed by atoms with Crippen LogP contribution in [0.4, 0.5) is 4.79 Å². The standard InChI is InChI=1S/C12H25NO3/c1-6-7-15-9-10(2)8-13-11(14)16-12(3,4)5/h10H,6-9H2,1-5H3,(H,13,14). The number of rotatable bonds is 6. The summed E-state index contributed by atoms with van der Waals surface area (Å²) in [5, 5.41) is 2.72. The van der Waals surface area contributed by atoms with Crippen LogP contribution in [0.3, 0.4) is 0 Å². The van der Waals surface area contributed by atoms with Crippen LogP contribution in [0, 0.1) is 5.92 Å². The van der Waals surface area contributed by atoms with E-state index in [4.69, 9.17) is 9.47 Å². The quantitative estimate of drug-likeness (QED) is 0.715. The van der Waals surface area contributed by atoms with Gasteiger partial charge in [0.05, 0.1) is 6.61 Å². The summed E-state index contributed by atoms with van der Waals surface area (Å²) in [7, 11) is 0. The molecule has 0 fully saturated rings. The van der Waals surface area contributed by atoms with Crippen LogP contribution in [-0.2, 0) is 9.47 Å². The van der Waals surface area contributed by atoms with Crippen molar-refractivity contribution in [3.05, 3.63) is 0 Å². The highest BCUT2D eigenvalue weighted by molar-refractivity contribution is 5.67. The highest BCUT2D eigenvalue weighted by atomic mass is 16.6. The molecule has 0 bridgehead atoms. The average molecular weight is 231 g/mol. The molecule has 0 aliphatic rings. The van der Waals surface area contributed by atoms with Crippen molar-refractivity contribution in [2.45, 2.75) is 46.6 Å². The highest BCUT2D eigenvalue weighted by Crippen LogP contribution is 2.06. The van der Waals surface area contributed by atoms with Crippen LogP contribution >= 0.6 is 0 Å². The second-order valence-corrected chi connectivity index (χ2v) is 5.06. The fourth-order valence-electron chi connectivity index (χ4n) is 1.06. The van der Waals surface area contributed by atoms with E-state index in [-0.39, 0.29) is 6.09 Å². The van der Waals surface area contributed by atoms with Gasteiger partial charge in [0.1, 0.15) is 5.60 Å². The van der Waals surface area contributed by atoms with Crippen molar-refractivity contribution in [1.29, 1.82) is 0 Å². The Morgan fingerprint density at radius 1 is 1.38 bits per heavy atom. The van der Waals surface area contributed by atoms with Crippen LogP contribution in [0.1, 0.15) is 41.0 Å². The molecule has 0 aromatic rings. The van der Waals surface area contributed by atoms with Gasteiger partial charge in [0, 0.05) is 13.2 Å². The van der Waals surface area contributed by atoms with Crippen molar-refractivity contribution < 1.29 is 14.3 Å². The number of amides is 1. The number of carbonyl (C=O) groups is 1.